The molecule has 1 saturated heterocycles. The van der Waals surface area contributed by atoms with Crippen LogP contribution < -0.4 is 0 Å². The topological polar surface area (TPSA) is 58.4 Å². The number of carbonyl (C=O) groups excluding carboxylic acids is 2. The van der Waals surface area contributed by atoms with E-state index in [9.17, 15) is 9.59 Å². The highest BCUT2D eigenvalue weighted by molar-refractivity contribution is 7.99. The number of aryl methyl sites for hydroxylation is 2. The van der Waals surface area contributed by atoms with Gasteiger partial charge in [-0.2, -0.15) is 16.9 Å². The SMILES string of the molecule is CSCC(=O)N1CCCN(C(=O)CCn2cc(C)cn2)CC1. The van der Waals surface area contributed by atoms with Crippen LogP contribution >= 0.6 is 11.8 Å². The molecular weight excluding hydrogens is 300 g/mol. The first-order chi connectivity index (χ1) is 10.6. The number of nitrogens with zero attached hydrogens (tertiary/aromatic N) is 4. The molecule has 7 heteroatoms. The van der Waals surface area contributed by atoms with E-state index in [1.54, 1.807) is 22.6 Å². The lowest BCUT2D eigenvalue weighted by atomic mass is 10.3. The van der Waals surface area contributed by atoms with Gasteiger partial charge in [0.1, 0.15) is 0 Å². The summed E-state index contributed by atoms with van der Waals surface area (Å²) in [5.41, 5.74) is 1.10. The van der Waals surface area contributed by atoms with Gasteiger partial charge in [-0.15, -0.1) is 0 Å². The van der Waals surface area contributed by atoms with Crippen molar-refractivity contribution in [3.05, 3.63) is 18.0 Å². The minimum atomic E-state index is 0.146. The molecule has 1 aromatic rings. The molecule has 0 radical (unpaired) electrons. The number of thioether (sulfide) groups is 1. The van der Waals surface area contributed by atoms with E-state index in [0.29, 0.717) is 31.8 Å². The first-order valence-corrected chi connectivity index (χ1v) is 9.03. The van der Waals surface area contributed by atoms with E-state index in [4.69, 9.17) is 0 Å². The molecule has 122 valence electrons. The molecular formula is C15H24N4O2S. The molecule has 0 unspecified atom stereocenters. The van der Waals surface area contributed by atoms with Gasteiger partial charge in [-0.05, 0) is 25.2 Å². The third-order valence-corrected chi connectivity index (χ3v) is 4.32. The van der Waals surface area contributed by atoms with Gasteiger partial charge in [0.15, 0.2) is 0 Å². The van der Waals surface area contributed by atoms with Crippen LogP contribution in [0.4, 0.5) is 0 Å². The molecule has 0 aliphatic carbocycles. The standard InChI is InChI=1S/C15H24N4O2S/c1-13-10-16-19(11-13)7-4-14(20)17-5-3-6-18(9-8-17)15(21)12-22-2/h10-11H,3-9,12H2,1-2H3. The second-order valence-electron chi connectivity index (χ2n) is 5.58. The van der Waals surface area contributed by atoms with Crippen LogP contribution in [0.15, 0.2) is 12.4 Å². The molecule has 6 nitrogen and oxygen atoms in total. The molecule has 0 bridgehead atoms. The van der Waals surface area contributed by atoms with Crippen molar-refractivity contribution in [3.63, 3.8) is 0 Å². The zero-order chi connectivity index (χ0) is 15.9. The minimum Gasteiger partial charge on any atom is -0.341 e. The van der Waals surface area contributed by atoms with Gasteiger partial charge in [0.05, 0.1) is 11.9 Å². The third-order valence-electron chi connectivity index (χ3n) is 3.79. The first kappa shape index (κ1) is 16.9. The average molecular weight is 324 g/mol. The molecule has 2 amide bonds. The normalized spacial score (nSPS) is 15.7. The lowest BCUT2D eigenvalue weighted by Gasteiger charge is -2.22. The van der Waals surface area contributed by atoms with E-state index < -0.39 is 0 Å². The summed E-state index contributed by atoms with van der Waals surface area (Å²) < 4.78 is 1.80. The van der Waals surface area contributed by atoms with Crippen molar-refractivity contribution in [2.24, 2.45) is 0 Å². The van der Waals surface area contributed by atoms with Crippen LogP contribution in [-0.4, -0.2) is 69.6 Å². The minimum absolute atomic E-state index is 0.146. The molecule has 1 fully saturated rings. The number of carbonyl (C=O) groups is 2. The predicted molar refractivity (Wildman–Crippen MR) is 87.7 cm³/mol. The second-order valence-corrected chi connectivity index (χ2v) is 6.44. The molecule has 0 spiro atoms. The lowest BCUT2D eigenvalue weighted by Crippen LogP contribution is -2.38. The summed E-state index contributed by atoms with van der Waals surface area (Å²) in [6.45, 7) is 5.36. The maximum absolute atomic E-state index is 12.3. The summed E-state index contributed by atoms with van der Waals surface area (Å²) in [5, 5.41) is 4.20. The van der Waals surface area contributed by atoms with Gasteiger partial charge in [0.25, 0.3) is 0 Å². The second kappa shape index (κ2) is 8.22. The zero-order valence-corrected chi connectivity index (χ0v) is 14.1. The van der Waals surface area contributed by atoms with E-state index in [1.807, 2.05) is 29.2 Å². The zero-order valence-electron chi connectivity index (χ0n) is 13.3. The predicted octanol–water partition coefficient (Wildman–Crippen LogP) is 1.01. The lowest BCUT2D eigenvalue weighted by molar-refractivity contribution is -0.132. The van der Waals surface area contributed by atoms with Crippen molar-refractivity contribution in [3.8, 4) is 0 Å². The fourth-order valence-corrected chi connectivity index (χ4v) is 3.02. The van der Waals surface area contributed by atoms with Gasteiger partial charge in [-0.3, -0.25) is 14.3 Å². The number of amides is 2. The Morgan fingerprint density at radius 1 is 1.18 bits per heavy atom. The van der Waals surface area contributed by atoms with Gasteiger partial charge >= 0.3 is 0 Å². The van der Waals surface area contributed by atoms with E-state index >= 15 is 0 Å². The van der Waals surface area contributed by atoms with Gasteiger partial charge in [-0.1, -0.05) is 0 Å². The van der Waals surface area contributed by atoms with E-state index in [2.05, 4.69) is 5.10 Å². The average Bonchev–Trinajstić information content (AvgIpc) is 2.76. The molecule has 1 aromatic heterocycles. The van der Waals surface area contributed by atoms with Crippen molar-refractivity contribution < 1.29 is 9.59 Å². The highest BCUT2D eigenvalue weighted by Gasteiger charge is 2.21. The molecule has 22 heavy (non-hydrogen) atoms. The Hall–Kier alpha value is -1.50. The summed E-state index contributed by atoms with van der Waals surface area (Å²) >= 11 is 1.54. The summed E-state index contributed by atoms with van der Waals surface area (Å²) in [5.74, 6) is 0.841. The number of hydrogen-bond acceptors (Lipinski definition) is 4. The van der Waals surface area contributed by atoms with Crippen LogP contribution in [0.5, 0.6) is 0 Å². The molecule has 2 rings (SSSR count). The smallest absolute Gasteiger partial charge is 0.232 e. The van der Waals surface area contributed by atoms with Crippen LogP contribution in [0.1, 0.15) is 18.4 Å². The Morgan fingerprint density at radius 3 is 2.45 bits per heavy atom. The van der Waals surface area contributed by atoms with Gasteiger partial charge < -0.3 is 9.80 Å². The van der Waals surface area contributed by atoms with Crippen LogP contribution in [0.3, 0.4) is 0 Å². The van der Waals surface area contributed by atoms with E-state index in [1.165, 1.54) is 0 Å². The van der Waals surface area contributed by atoms with Crippen LogP contribution in [-0.2, 0) is 16.1 Å². The van der Waals surface area contributed by atoms with Crippen LogP contribution in [0.2, 0.25) is 0 Å². The van der Waals surface area contributed by atoms with Gasteiger partial charge in [-0.25, -0.2) is 0 Å². The maximum atomic E-state index is 12.3. The van der Waals surface area contributed by atoms with Crippen LogP contribution in [0, 0.1) is 6.92 Å². The van der Waals surface area contributed by atoms with Crippen molar-refractivity contribution in [1.82, 2.24) is 19.6 Å². The Balaban J connectivity index is 1.80. The Kier molecular flexibility index (Phi) is 6.30. The van der Waals surface area contributed by atoms with Crippen molar-refractivity contribution in [2.75, 3.05) is 38.2 Å². The molecule has 2 heterocycles. The van der Waals surface area contributed by atoms with Crippen molar-refractivity contribution in [2.45, 2.75) is 26.3 Å². The third kappa shape index (κ3) is 4.76. The number of aromatic nitrogens is 2. The monoisotopic (exact) mass is 324 g/mol. The summed E-state index contributed by atoms with van der Waals surface area (Å²) in [6, 6.07) is 0. The fraction of sp³-hybridized carbons (Fsp3) is 0.667. The molecule has 0 N–H and O–H groups in total. The molecule has 0 saturated carbocycles. The summed E-state index contributed by atoms with van der Waals surface area (Å²) in [6.07, 6.45) is 6.99. The number of hydrogen-bond donors (Lipinski definition) is 0. The summed E-state index contributed by atoms with van der Waals surface area (Å²) in [4.78, 5) is 28.0. The molecule has 1 aliphatic heterocycles. The quantitative estimate of drug-likeness (QED) is 0.811. The molecule has 0 atom stereocenters. The van der Waals surface area contributed by atoms with E-state index in [0.717, 1.165) is 25.1 Å². The Labute approximate surface area is 135 Å². The van der Waals surface area contributed by atoms with E-state index in [-0.39, 0.29) is 11.8 Å². The number of rotatable bonds is 5. The molecule has 1 aliphatic rings. The Morgan fingerprint density at radius 2 is 1.86 bits per heavy atom. The molecule has 0 aromatic carbocycles. The largest absolute Gasteiger partial charge is 0.341 e. The van der Waals surface area contributed by atoms with Gasteiger partial charge in [0.2, 0.25) is 11.8 Å². The van der Waals surface area contributed by atoms with Crippen molar-refractivity contribution in [1.29, 1.82) is 0 Å². The maximum Gasteiger partial charge on any atom is 0.232 e. The van der Waals surface area contributed by atoms with Crippen LogP contribution in [0.25, 0.3) is 0 Å². The highest BCUT2D eigenvalue weighted by atomic mass is 32.2. The highest BCUT2D eigenvalue weighted by Crippen LogP contribution is 2.08. The fourth-order valence-electron chi connectivity index (χ4n) is 2.59. The summed E-state index contributed by atoms with van der Waals surface area (Å²) in [7, 11) is 0. The van der Waals surface area contributed by atoms with Crippen molar-refractivity contribution >= 4 is 23.6 Å². The Bertz CT molecular complexity index is 517. The first-order valence-electron chi connectivity index (χ1n) is 7.63. The van der Waals surface area contributed by atoms with Gasteiger partial charge in [0, 0.05) is 45.3 Å².